The summed E-state index contributed by atoms with van der Waals surface area (Å²) in [6, 6.07) is 7.48. The smallest absolute Gasteiger partial charge is 0.115 e. The SMILES string of the molecule is CC(NCCN)c1ccc(O)cc1. The molecule has 0 spiro atoms. The molecule has 1 aromatic rings. The Hall–Kier alpha value is -1.06. The van der Waals surface area contributed by atoms with Gasteiger partial charge in [0.1, 0.15) is 5.75 Å². The Kier molecular flexibility index (Phi) is 3.73. The minimum Gasteiger partial charge on any atom is -0.508 e. The summed E-state index contributed by atoms with van der Waals surface area (Å²) in [6.07, 6.45) is 0. The van der Waals surface area contributed by atoms with E-state index in [-0.39, 0.29) is 6.04 Å². The molecular weight excluding hydrogens is 164 g/mol. The highest BCUT2D eigenvalue weighted by atomic mass is 16.3. The van der Waals surface area contributed by atoms with Crippen LogP contribution in [0.25, 0.3) is 0 Å². The Labute approximate surface area is 78.6 Å². The molecule has 4 N–H and O–H groups in total. The summed E-state index contributed by atoms with van der Waals surface area (Å²) < 4.78 is 0. The predicted octanol–water partition coefficient (Wildman–Crippen LogP) is 1.00. The maximum atomic E-state index is 9.07. The molecule has 0 fully saturated rings. The van der Waals surface area contributed by atoms with E-state index in [2.05, 4.69) is 12.2 Å². The topological polar surface area (TPSA) is 58.3 Å². The third kappa shape index (κ3) is 3.05. The number of phenols is 1. The minimum absolute atomic E-state index is 0.282. The summed E-state index contributed by atoms with van der Waals surface area (Å²) in [5, 5.41) is 12.3. The second kappa shape index (κ2) is 4.84. The molecule has 0 radical (unpaired) electrons. The quantitative estimate of drug-likeness (QED) is 0.648. The van der Waals surface area contributed by atoms with E-state index in [0.717, 1.165) is 12.1 Å². The number of hydrogen-bond acceptors (Lipinski definition) is 3. The van der Waals surface area contributed by atoms with Crippen LogP contribution in [0.15, 0.2) is 24.3 Å². The number of nitrogens with two attached hydrogens (primary N) is 1. The van der Waals surface area contributed by atoms with Crippen LogP contribution in [0.3, 0.4) is 0 Å². The van der Waals surface area contributed by atoms with E-state index >= 15 is 0 Å². The van der Waals surface area contributed by atoms with E-state index < -0.39 is 0 Å². The second-order valence-corrected chi connectivity index (χ2v) is 3.06. The first-order valence-corrected chi connectivity index (χ1v) is 4.46. The van der Waals surface area contributed by atoms with Crippen LogP contribution in [0.4, 0.5) is 0 Å². The molecule has 0 aliphatic carbocycles. The van der Waals surface area contributed by atoms with Gasteiger partial charge in [-0.15, -0.1) is 0 Å². The fourth-order valence-electron chi connectivity index (χ4n) is 1.18. The maximum Gasteiger partial charge on any atom is 0.115 e. The number of aromatic hydroxyl groups is 1. The number of benzene rings is 1. The predicted molar refractivity (Wildman–Crippen MR) is 53.6 cm³/mol. The lowest BCUT2D eigenvalue weighted by Gasteiger charge is -2.13. The van der Waals surface area contributed by atoms with Crippen molar-refractivity contribution in [3.8, 4) is 5.75 Å². The number of nitrogens with one attached hydrogen (secondary N) is 1. The van der Waals surface area contributed by atoms with Gasteiger partial charge in [0.15, 0.2) is 0 Å². The molecule has 1 unspecified atom stereocenters. The van der Waals surface area contributed by atoms with E-state index in [1.54, 1.807) is 12.1 Å². The van der Waals surface area contributed by atoms with Gasteiger partial charge in [0.25, 0.3) is 0 Å². The molecule has 0 aliphatic rings. The highest BCUT2D eigenvalue weighted by Crippen LogP contribution is 2.15. The van der Waals surface area contributed by atoms with Crippen LogP contribution in [-0.4, -0.2) is 18.2 Å². The summed E-state index contributed by atoms with van der Waals surface area (Å²) in [5.74, 6) is 0.301. The molecule has 0 aliphatic heterocycles. The maximum absolute atomic E-state index is 9.07. The highest BCUT2D eigenvalue weighted by molar-refractivity contribution is 5.27. The molecule has 3 heteroatoms. The van der Waals surface area contributed by atoms with Crippen LogP contribution in [0.1, 0.15) is 18.5 Å². The molecule has 3 nitrogen and oxygen atoms in total. The van der Waals surface area contributed by atoms with Crippen molar-refractivity contribution in [2.24, 2.45) is 5.73 Å². The summed E-state index contributed by atoms with van der Waals surface area (Å²) in [6.45, 7) is 3.52. The first kappa shape index (κ1) is 10.0. The molecule has 0 saturated carbocycles. The minimum atomic E-state index is 0.282. The third-order valence-electron chi connectivity index (χ3n) is 1.99. The number of rotatable bonds is 4. The second-order valence-electron chi connectivity index (χ2n) is 3.06. The molecule has 72 valence electrons. The van der Waals surface area contributed by atoms with Crippen molar-refractivity contribution in [3.63, 3.8) is 0 Å². The van der Waals surface area contributed by atoms with E-state index in [4.69, 9.17) is 10.8 Å². The zero-order valence-electron chi connectivity index (χ0n) is 7.83. The zero-order valence-corrected chi connectivity index (χ0v) is 7.83. The van der Waals surface area contributed by atoms with Crippen molar-refractivity contribution in [3.05, 3.63) is 29.8 Å². The number of phenolic OH excluding ortho intramolecular Hbond substituents is 1. The van der Waals surface area contributed by atoms with Crippen molar-refractivity contribution in [2.75, 3.05) is 13.1 Å². The molecule has 0 bridgehead atoms. The first-order valence-electron chi connectivity index (χ1n) is 4.46. The zero-order chi connectivity index (χ0) is 9.68. The van der Waals surface area contributed by atoms with Gasteiger partial charge in [-0.3, -0.25) is 0 Å². The average Bonchev–Trinajstić information content (AvgIpc) is 2.15. The van der Waals surface area contributed by atoms with E-state index in [0.29, 0.717) is 12.3 Å². The molecule has 1 rings (SSSR count). The van der Waals surface area contributed by atoms with Gasteiger partial charge in [0.2, 0.25) is 0 Å². The summed E-state index contributed by atoms with van der Waals surface area (Å²) >= 11 is 0. The van der Waals surface area contributed by atoms with Gasteiger partial charge >= 0.3 is 0 Å². The Balaban J connectivity index is 2.55. The van der Waals surface area contributed by atoms with Gasteiger partial charge in [-0.1, -0.05) is 12.1 Å². The Morgan fingerprint density at radius 3 is 2.54 bits per heavy atom. The molecule has 0 aromatic heterocycles. The summed E-state index contributed by atoms with van der Waals surface area (Å²) in [7, 11) is 0. The van der Waals surface area contributed by atoms with Crippen molar-refractivity contribution in [1.82, 2.24) is 5.32 Å². The first-order chi connectivity index (χ1) is 6.24. The van der Waals surface area contributed by atoms with Gasteiger partial charge in [-0.25, -0.2) is 0 Å². The van der Waals surface area contributed by atoms with Crippen molar-refractivity contribution in [2.45, 2.75) is 13.0 Å². The van der Waals surface area contributed by atoms with Crippen molar-refractivity contribution in [1.29, 1.82) is 0 Å². The molecule has 1 atom stereocenters. The van der Waals surface area contributed by atoms with E-state index in [9.17, 15) is 0 Å². The van der Waals surface area contributed by atoms with Gasteiger partial charge in [-0.2, -0.15) is 0 Å². The van der Waals surface area contributed by atoms with Crippen LogP contribution in [0.2, 0.25) is 0 Å². The lowest BCUT2D eigenvalue weighted by molar-refractivity contribution is 0.474. The third-order valence-corrected chi connectivity index (χ3v) is 1.99. The van der Waals surface area contributed by atoms with Gasteiger partial charge in [0.05, 0.1) is 0 Å². The van der Waals surface area contributed by atoms with Crippen LogP contribution in [0, 0.1) is 0 Å². The molecule has 0 heterocycles. The Morgan fingerprint density at radius 1 is 1.38 bits per heavy atom. The van der Waals surface area contributed by atoms with Crippen molar-refractivity contribution >= 4 is 0 Å². The van der Waals surface area contributed by atoms with Crippen LogP contribution >= 0.6 is 0 Å². The summed E-state index contributed by atoms with van der Waals surface area (Å²) in [5.41, 5.74) is 6.54. The van der Waals surface area contributed by atoms with Crippen LogP contribution in [0.5, 0.6) is 5.75 Å². The van der Waals surface area contributed by atoms with Gasteiger partial charge in [0, 0.05) is 19.1 Å². The average molecular weight is 180 g/mol. The Morgan fingerprint density at radius 2 is 2.00 bits per heavy atom. The lowest BCUT2D eigenvalue weighted by Crippen LogP contribution is -2.25. The van der Waals surface area contributed by atoms with E-state index in [1.807, 2.05) is 12.1 Å². The van der Waals surface area contributed by atoms with Gasteiger partial charge < -0.3 is 16.2 Å². The molecule has 0 amide bonds. The largest absolute Gasteiger partial charge is 0.508 e. The Bertz CT molecular complexity index is 246. The fourth-order valence-corrected chi connectivity index (χ4v) is 1.18. The van der Waals surface area contributed by atoms with E-state index in [1.165, 1.54) is 0 Å². The molecule has 13 heavy (non-hydrogen) atoms. The van der Waals surface area contributed by atoms with Crippen molar-refractivity contribution < 1.29 is 5.11 Å². The van der Waals surface area contributed by atoms with Crippen LogP contribution < -0.4 is 11.1 Å². The normalized spacial score (nSPS) is 12.8. The van der Waals surface area contributed by atoms with Crippen LogP contribution in [-0.2, 0) is 0 Å². The fraction of sp³-hybridized carbons (Fsp3) is 0.400. The molecule has 1 aromatic carbocycles. The summed E-state index contributed by atoms with van der Waals surface area (Å²) in [4.78, 5) is 0. The molecule has 0 saturated heterocycles. The number of hydrogen-bond donors (Lipinski definition) is 3. The van der Waals surface area contributed by atoms with Gasteiger partial charge in [-0.05, 0) is 24.6 Å². The molecular formula is C10H16N2O. The highest BCUT2D eigenvalue weighted by Gasteiger charge is 2.02. The lowest BCUT2D eigenvalue weighted by atomic mass is 10.1. The standard InChI is InChI=1S/C10H16N2O/c1-8(12-7-6-11)9-2-4-10(13)5-3-9/h2-5,8,12-13H,6-7,11H2,1H3. The monoisotopic (exact) mass is 180 g/mol.